The summed E-state index contributed by atoms with van der Waals surface area (Å²) in [6.45, 7) is 4.13. The van der Waals surface area contributed by atoms with E-state index in [1.54, 1.807) is 12.4 Å². The molecule has 0 aliphatic carbocycles. The molecule has 1 aromatic heterocycles. The van der Waals surface area contributed by atoms with Crippen LogP contribution in [-0.2, 0) is 11.2 Å². The maximum Gasteiger partial charge on any atom is 0.140 e. The number of carbonyl (C=O) groups is 1. The Morgan fingerprint density at radius 3 is 2.64 bits per heavy atom. The first kappa shape index (κ1) is 10.9. The Morgan fingerprint density at radius 1 is 1.43 bits per heavy atom. The number of aromatic nitrogens is 1. The number of hydrogen-bond donors (Lipinski definition) is 0. The average Bonchev–Trinajstić information content (AvgIpc) is 2.21. The van der Waals surface area contributed by atoms with E-state index < -0.39 is 0 Å². The molecule has 2 heteroatoms. The lowest BCUT2D eigenvalue weighted by Crippen LogP contribution is -2.15. The van der Waals surface area contributed by atoms with Gasteiger partial charge in [-0.2, -0.15) is 0 Å². The zero-order valence-corrected chi connectivity index (χ0v) is 8.86. The minimum atomic E-state index is 0.218. The third-order valence-electron chi connectivity index (χ3n) is 2.54. The van der Waals surface area contributed by atoms with Gasteiger partial charge in [-0.25, -0.2) is 0 Å². The van der Waals surface area contributed by atoms with Crippen LogP contribution in [0.5, 0.6) is 0 Å². The topological polar surface area (TPSA) is 30.0 Å². The highest BCUT2D eigenvalue weighted by Gasteiger charge is 2.14. The molecule has 76 valence electrons. The molecular formula is C12H17NO. The molecule has 0 saturated heterocycles. The second-order valence-electron chi connectivity index (χ2n) is 3.52. The van der Waals surface area contributed by atoms with Crippen molar-refractivity contribution in [1.82, 2.24) is 4.98 Å². The fourth-order valence-corrected chi connectivity index (χ4v) is 1.59. The number of rotatable bonds is 5. The first-order chi connectivity index (χ1) is 6.77. The van der Waals surface area contributed by atoms with Gasteiger partial charge in [0.15, 0.2) is 0 Å². The maximum atomic E-state index is 11.7. The standard InChI is InChI=1S/C12H17NO/c1-3-11(4-2)12(14)8-10-6-5-7-13-9-10/h5-7,9,11H,3-4,8H2,1-2H3. The van der Waals surface area contributed by atoms with Crippen LogP contribution < -0.4 is 0 Å². The van der Waals surface area contributed by atoms with Crippen molar-refractivity contribution in [2.45, 2.75) is 33.1 Å². The first-order valence-electron chi connectivity index (χ1n) is 5.19. The van der Waals surface area contributed by atoms with Crippen LogP contribution in [0, 0.1) is 5.92 Å². The number of hydrogen-bond acceptors (Lipinski definition) is 2. The van der Waals surface area contributed by atoms with Crippen LogP contribution in [0.1, 0.15) is 32.3 Å². The summed E-state index contributed by atoms with van der Waals surface area (Å²) in [6.07, 6.45) is 5.90. The van der Waals surface area contributed by atoms with Crippen molar-refractivity contribution < 1.29 is 4.79 Å². The van der Waals surface area contributed by atoms with Gasteiger partial charge in [-0.15, -0.1) is 0 Å². The Bertz CT molecular complexity index is 278. The van der Waals surface area contributed by atoms with Gasteiger partial charge in [0.2, 0.25) is 0 Å². The lowest BCUT2D eigenvalue weighted by atomic mass is 9.94. The zero-order chi connectivity index (χ0) is 10.4. The van der Waals surface area contributed by atoms with Gasteiger partial charge in [0.1, 0.15) is 5.78 Å². The lowest BCUT2D eigenvalue weighted by Gasteiger charge is -2.10. The van der Waals surface area contributed by atoms with Gasteiger partial charge >= 0.3 is 0 Å². The van der Waals surface area contributed by atoms with Gasteiger partial charge in [0, 0.05) is 24.7 Å². The largest absolute Gasteiger partial charge is 0.299 e. The molecule has 0 aromatic carbocycles. The molecule has 0 radical (unpaired) electrons. The SMILES string of the molecule is CCC(CC)C(=O)Cc1cccnc1. The smallest absolute Gasteiger partial charge is 0.140 e. The summed E-state index contributed by atoms with van der Waals surface area (Å²) < 4.78 is 0. The van der Waals surface area contributed by atoms with Crippen molar-refractivity contribution in [2.24, 2.45) is 5.92 Å². The van der Waals surface area contributed by atoms with Crippen LogP contribution in [0.15, 0.2) is 24.5 Å². The molecule has 0 spiro atoms. The molecule has 0 amide bonds. The van der Waals surface area contributed by atoms with E-state index in [2.05, 4.69) is 18.8 Å². The fraction of sp³-hybridized carbons (Fsp3) is 0.500. The third-order valence-corrected chi connectivity index (χ3v) is 2.54. The summed E-state index contributed by atoms with van der Waals surface area (Å²) in [5.74, 6) is 0.554. The quantitative estimate of drug-likeness (QED) is 0.716. The minimum Gasteiger partial charge on any atom is -0.299 e. The molecule has 2 nitrogen and oxygen atoms in total. The molecule has 1 heterocycles. The van der Waals surface area contributed by atoms with Crippen LogP contribution in [0.3, 0.4) is 0 Å². The van der Waals surface area contributed by atoms with Crippen LogP contribution in [0.4, 0.5) is 0 Å². The monoisotopic (exact) mass is 191 g/mol. The molecule has 1 aromatic rings. The molecule has 0 bridgehead atoms. The van der Waals surface area contributed by atoms with Gasteiger partial charge in [-0.3, -0.25) is 9.78 Å². The average molecular weight is 191 g/mol. The predicted molar refractivity (Wildman–Crippen MR) is 57.0 cm³/mol. The first-order valence-corrected chi connectivity index (χ1v) is 5.19. The summed E-state index contributed by atoms with van der Waals surface area (Å²) in [6, 6.07) is 3.82. The van der Waals surface area contributed by atoms with Gasteiger partial charge in [-0.05, 0) is 24.5 Å². The van der Waals surface area contributed by atoms with E-state index in [-0.39, 0.29) is 5.92 Å². The van der Waals surface area contributed by atoms with E-state index in [1.807, 2.05) is 12.1 Å². The van der Waals surface area contributed by atoms with Crippen molar-refractivity contribution in [1.29, 1.82) is 0 Å². The van der Waals surface area contributed by atoms with Crippen molar-refractivity contribution in [3.05, 3.63) is 30.1 Å². The van der Waals surface area contributed by atoms with E-state index in [0.29, 0.717) is 12.2 Å². The van der Waals surface area contributed by atoms with Gasteiger partial charge in [0.05, 0.1) is 0 Å². The number of carbonyl (C=O) groups excluding carboxylic acids is 1. The summed E-state index contributed by atoms with van der Waals surface area (Å²) in [4.78, 5) is 15.7. The normalized spacial score (nSPS) is 10.5. The fourth-order valence-electron chi connectivity index (χ4n) is 1.59. The second kappa shape index (κ2) is 5.53. The van der Waals surface area contributed by atoms with Crippen LogP contribution in [0.25, 0.3) is 0 Å². The predicted octanol–water partition coefficient (Wildman–Crippen LogP) is 2.63. The van der Waals surface area contributed by atoms with E-state index in [4.69, 9.17) is 0 Å². The molecule has 0 fully saturated rings. The summed E-state index contributed by atoms with van der Waals surface area (Å²) in [5, 5.41) is 0. The summed E-state index contributed by atoms with van der Waals surface area (Å²) in [7, 11) is 0. The van der Waals surface area contributed by atoms with Crippen molar-refractivity contribution in [3.8, 4) is 0 Å². The molecule has 14 heavy (non-hydrogen) atoms. The zero-order valence-electron chi connectivity index (χ0n) is 8.86. The van der Waals surface area contributed by atoms with Crippen LogP contribution in [0.2, 0.25) is 0 Å². The molecule has 0 atom stereocenters. The molecule has 0 aliphatic heterocycles. The summed E-state index contributed by atoms with van der Waals surface area (Å²) >= 11 is 0. The Morgan fingerprint density at radius 2 is 2.14 bits per heavy atom. The molecule has 1 rings (SSSR count). The second-order valence-corrected chi connectivity index (χ2v) is 3.52. The highest BCUT2D eigenvalue weighted by Crippen LogP contribution is 2.12. The van der Waals surface area contributed by atoms with Crippen molar-refractivity contribution in [2.75, 3.05) is 0 Å². The molecule has 0 unspecified atom stereocenters. The highest BCUT2D eigenvalue weighted by atomic mass is 16.1. The molecule has 0 saturated carbocycles. The molecule has 0 aliphatic rings. The highest BCUT2D eigenvalue weighted by molar-refractivity contribution is 5.83. The Hall–Kier alpha value is -1.18. The lowest BCUT2D eigenvalue weighted by molar-refractivity contribution is -0.122. The maximum absolute atomic E-state index is 11.7. The summed E-state index contributed by atoms with van der Waals surface area (Å²) in [5.41, 5.74) is 1.02. The Kier molecular flexibility index (Phi) is 4.30. The number of ketones is 1. The number of Topliss-reactive ketones (excluding diaryl/α,β-unsaturated/α-hetero) is 1. The Labute approximate surface area is 85.4 Å². The minimum absolute atomic E-state index is 0.218. The van der Waals surface area contributed by atoms with Gasteiger partial charge < -0.3 is 0 Å². The van der Waals surface area contributed by atoms with Crippen LogP contribution in [-0.4, -0.2) is 10.8 Å². The van der Waals surface area contributed by atoms with E-state index in [0.717, 1.165) is 18.4 Å². The Balaban J connectivity index is 2.57. The van der Waals surface area contributed by atoms with E-state index in [9.17, 15) is 4.79 Å². The van der Waals surface area contributed by atoms with Gasteiger partial charge in [0.25, 0.3) is 0 Å². The number of pyridine rings is 1. The molecular weight excluding hydrogens is 174 g/mol. The van der Waals surface area contributed by atoms with Crippen molar-refractivity contribution >= 4 is 5.78 Å². The number of nitrogens with zero attached hydrogens (tertiary/aromatic N) is 1. The van der Waals surface area contributed by atoms with Gasteiger partial charge in [-0.1, -0.05) is 19.9 Å². The van der Waals surface area contributed by atoms with Crippen molar-refractivity contribution in [3.63, 3.8) is 0 Å². The molecule has 0 N–H and O–H groups in total. The van der Waals surface area contributed by atoms with Crippen LogP contribution >= 0.6 is 0 Å². The van der Waals surface area contributed by atoms with E-state index in [1.165, 1.54) is 0 Å². The third kappa shape index (κ3) is 2.95. The van der Waals surface area contributed by atoms with E-state index >= 15 is 0 Å².